The second-order valence-corrected chi connectivity index (χ2v) is 7.11. The number of nitrogens with zero attached hydrogens (tertiary/aromatic N) is 3. The van der Waals surface area contributed by atoms with Gasteiger partial charge in [-0.1, -0.05) is 11.3 Å². The Hall–Kier alpha value is -2.51. The fraction of sp³-hybridized carbons (Fsp3) is 0.263. The van der Waals surface area contributed by atoms with Crippen molar-refractivity contribution in [3.05, 3.63) is 53.8 Å². The number of ether oxygens (including phenoxy) is 1. The molecule has 0 saturated carbocycles. The van der Waals surface area contributed by atoms with Gasteiger partial charge in [0.2, 0.25) is 0 Å². The summed E-state index contributed by atoms with van der Waals surface area (Å²) in [6.07, 6.45) is 0. The van der Waals surface area contributed by atoms with Crippen LogP contribution in [0.3, 0.4) is 0 Å². The number of rotatable bonds is 6. The number of fused-ring (bicyclic) bond motifs is 1. The van der Waals surface area contributed by atoms with Crippen molar-refractivity contribution in [3.63, 3.8) is 0 Å². The van der Waals surface area contributed by atoms with Crippen LogP contribution in [0.1, 0.15) is 10.4 Å². The molecule has 0 aliphatic carbocycles. The summed E-state index contributed by atoms with van der Waals surface area (Å²) in [5.74, 6) is 0.158. The van der Waals surface area contributed by atoms with E-state index in [2.05, 4.69) is 4.98 Å². The number of thiazole rings is 1. The van der Waals surface area contributed by atoms with Crippen molar-refractivity contribution < 1.29 is 13.9 Å². The van der Waals surface area contributed by atoms with Gasteiger partial charge < -0.3 is 9.64 Å². The standard InChI is InChI=1S/C19H20FN3O2S/c1-22(2)10-11-23(18(24)13-4-6-14(20)7-5-13)19-21-16-12-15(25-3)8-9-17(16)26-19/h4-9,12H,10-11H2,1-3H3. The van der Waals surface area contributed by atoms with Crippen LogP contribution in [0.4, 0.5) is 9.52 Å². The van der Waals surface area contributed by atoms with Crippen molar-refractivity contribution in [1.29, 1.82) is 0 Å². The van der Waals surface area contributed by atoms with Gasteiger partial charge in [-0.05, 0) is 50.5 Å². The first-order valence-electron chi connectivity index (χ1n) is 8.14. The zero-order valence-electron chi connectivity index (χ0n) is 14.9. The van der Waals surface area contributed by atoms with Gasteiger partial charge in [0.05, 0.1) is 17.3 Å². The lowest BCUT2D eigenvalue weighted by molar-refractivity contribution is 0.0985. The van der Waals surface area contributed by atoms with Crippen LogP contribution in [0.25, 0.3) is 10.2 Å². The van der Waals surface area contributed by atoms with Gasteiger partial charge >= 0.3 is 0 Å². The van der Waals surface area contributed by atoms with Crippen LogP contribution in [0.5, 0.6) is 5.75 Å². The van der Waals surface area contributed by atoms with Crippen molar-refractivity contribution in [2.45, 2.75) is 0 Å². The fourth-order valence-electron chi connectivity index (χ4n) is 2.47. The highest BCUT2D eigenvalue weighted by Crippen LogP contribution is 2.31. The number of benzene rings is 2. The second-order valence-electron chi connectivity index (χ2n) is 6.10. The maximum Gasteiger partial charge on any atom is 0.260 e. The molecule has 2 aromatic carbocycles. The molecule has 3 aromatic rings. The molecular formula is C19H20FN3O2S. The maximum atomic E-state index is 13.2. The molecule has 5 nitrogen and oxygen atoms in total. The van der Waals surface area contributed by atoms with Crippen molar-refractivity contribution in [2.24, 2.45) is 0 Å². The lowest BCUT2D eigenvalue weighted by atomic mass is 10.2. The van der Waals surface area contributed by atoms with Crippen LogP contribution in [-0.2, 0) is 0 Å². The Morgan fingerprint density at radius 2 is 1.88 bits per heavy atom. The van der Waals surface area contributed by atoms with Gasteiger partial charge in [-0.25, -0.2) is 9.37 Å². The molecule has 26 heavy (non-hydrogen) atoms. The maximum absolute atomic E-state index is 13.2. The minimum absolute atomic E-state index is 0.196. The Balaban J connectivity index is 1.97. The number of likely N-dealkylation sites (N-methyl/N-ethyl adjacent to an activating group) is 1. The largest absolute Gasteiger partial charge is 0.497 e. The SMILES string of the molecule is COc1ccc2sc(N(CCN(C)C)C(=O)c3ccc(F)cc3)nc2c1. The van der Waals surface area contributed by atoms with E-state index >= 15 is 0 Å². The van der Waals surface area contributed by atoms with Crippen molar-refractivity contribution in [3.8, 4) is 5.75 Å². The third kappa shape index (κ3) is 4.00. The molecule has 1 aromatic heterocycles. The van der Waals surface area contributed by atoms with E-state index < -0.39 is 0 Å². The first kappa shape index (κ1) is 18.3. The molecule has 0 aliphatic heterocycles. The monoisotopic (exact) mass is 373 g/mol. The van der Waals surface area contributed by atoms with Crippen LogP contribution in [0.15, 0.2) is 42.5 Å². The van der Waals surface area contributed by atoms with Crippen LogP contribution >= 0.6 is 11.3 Å². The average Bonchev–Trinajstić information content (AvgIpc) is 3.04. The lowest BCUT2D eigenvalue weighted by Gasteiger charge is -2.22. The zero-order valence-corrected chi connectivity index (χ0v) is 15.7. The first-order chi connectivity index (χ1) is 12.5. The lowest BCUT2D eigenvalue weighted by Crippen LogP contribution is -2.36. The number of hydrogen-bond donors (Lipinski definition) is 0. The number of carbonyl (C=O) groups excluding carboxylic acids is 1. The molecule has 0 atom stereocenters. The van der Waals surface area contributed by atoms with Gasteiger partial charge in [0.1, 0.15) is 11.6 Å². The molecule has 0 spiro atoms. The molecule has 1 heterocycles. The number of amides is 1. The highest BCUT2D eigenvalue weighted by atomic mass is 32.1. The van der Waals surface area contributed by atoms with Crippen molar-refractivity contribution >= 4 is 32.6 Å². The van der Waals surface area contributed by atoms with E-state index in [0.717, 1.165) is 16.0 Å². The van der Waals surface area contributed by atoms with E-state index in [1.54, 1.807) is 12.0 Å². The predicted molar refractivity (Wildman–Crippen MR) is 103 cm³/mol. The van der Waals surface area contributed by atoms with E-state index in [1.807, 2.05) is 37.2 Å². The molecule has 0 fully saturated rings. The number of halogens is 1. The minimum atomic E-state index is -0.367. The Kier molecular flexibility index (Phi) is 5.49. The molecule has 0 unspecified atom stereocenters. The van der Waals surface area contributed by atoms with Crippen LogP contribution < -0.4 is 9.64 Å². The summed E-state index contributed by atoms with van der Waals surface area (Å²) < 4.78 is 19.4. The van der Waals surface area contributed by atoms with E-state index in [9.17, 15) is 9.18 Å². The summed E-state index contributed by atoms with van der Waals surface area (Å²) in [6.45, 7) is 1.17. The third-order valence-corrected chi connectivity index (χ3v) is 4.98. The van der Waals surface area contributed by atoms with E-state index in [4.69, 9.17) is 4.74 Å². The molecule has 3 rings (SSSR count). The summed E-state index contributed by atoms with van der Waals surface area (Å²) in [6, 6.07) is 11.2. The number of carbonyl (C=O) groups is 1. The second kappa shape index (κ2) is 7.80. The predicted octanol–water partition coefficient (Wildman–Crippen LogP) is 3.65. The molecule has 1 amide bonds. The highest BCUT2D eigenvalue weighted by Gasteiger charge is 2.21. The quantitative estimate of drug-likeness (QED) is 0.662. The molecule has 0 bridgehead atoms. The summed E-state index contributed by atoms with van der Waals surface area (Å²) in [5, 5.41) is 0.615. The molecule has 136 valence electrons. The third-order valence-electron chi connectivity index (χ3n) is 3.92. The van der Waals surface area contributed by atoms with Crippen LogP contribution in [0, 0.1) is 5.82 Å². The molecule has 0 saturated heterocycles. The topological polar surface area (TPSA) is 45.7 Å². The molecule has 0 N–H and O–H groups in total. The highest BCUT2D eigenvalue weighted by molar-refractivity contribution is 7.22. The van der Waals surface area contributed by atoms with Gasteiger partial charge in [-0.2, -0.15) is 0 Å². The van der Waals surface area contributed by atoms with Crippen LogP contribution in [-0.4, -0.2) is 50.1 Å². The van der Waals surface area contributed by atoms with E-state index in [0.29, 0.717) is 23.8 Å². The summed E-state index contributed by atoms with van der Waals surface area (Å²) in [4.78, 5) is 21.3. The Morgan fingerprint density at radius 1 is 1.15 bits per heavy atom. The Labute approximate surface area is 155 Å². The Bertz CT molecular complexity index is 909. The molecule has 0 radical (unpaired) electrons. The summed E-state index contributed by atoms with van der Waals surface area (Å²) in [5.41, 5.74) is 1.22. The molecular weight excluding hydrogens is 353 g/mol. The molecule has 0 aliphatic rings. The minimum Gasteiger partial charge on any atom is -0.497 e. The van der Waals surface area contributed by atoms with Gasteiger partial charge in [0.25, 0.3) is 5.91 Å². The zero-order chi connectivity index (χ0) is 18.7. The van der Waals surface area contributed by atoms with Gasteiger partial charge in [-0.15, -0.1) is 0 Å². The van der Waals surface area contributed by atoms with Gasteiger partial charge in [0.15, 0.2) is 5.13 Å². The number of anilines is 1. The smallest absolute Gasteiger partial charge is 0.260 e. The van der Waals surface area contributed by atoms with E-state index in [1.165, 1.54) is 35.6 Å². The normalized spacial score (nSPS) is 11.1. The number of aromatic nitrogens is 1. The number of hydrogen-bond acceptors (Lipinski definition) is 5. The summed E-state index contributed by atoms with van der Waals surface area (Å²) >= 11 is 1.45. The van der Waals surface area contributed by atoms with Crippen molar-refractivity contribution in [1.82, 2.24) is 9.88 Å². The summed E-state index contributed by atoms with van der Waals surface area (Å²) in [7, 11) is 5.50. The number of methoxy groups -OCH3 is 1. The Morgan fingerprint density at radius 3 is 2.54 bits per heavy atom. The van der Waals surface area contributed by atoms with E-state index in [-0.39, 0.29) is 11.7 Å². The van der Waals surface area contributed by atoms with Gasteiger partial charge in [0, 0.05) is 24.7 Å². The first-order valence-corrected chi connectivity index (χ1v) is 8.96. The van der Waals surface area contributed by atoms with Crippen LogP contribution in [0.2, 0.25) is 0 Å². The van der Waals surface area contributed by atoms with Gasteiger partial charge in [-0.3, -0.25) is 9.69 Å². The fourth-order valence-corrected chi connectivity index (χ4v) is 3.44. The molecule has 7 heteroatoms. The van der Waals surface area contributed by atoms with Crippen molar-refractivity contribution in [2.75, 3.05) is 39.2 Å². The average molecular weight is 373 g/mol.